The molecule has 0 fully saturated rings. The molecule has 0 bridgehead atoms. The molecule has 0 aromatic heterocycles. The summed E-state index contributed by atoms with van der Waals surface area (Å²) in [5, 5.41) is 24.0. The van der Waals surface area contributed by atoms with Gasteiger partial charge in [0, 0.05) is 25.0 Å². The summed E-state index contributed by atoms with van der Waals surface area (Å²) in [6.45, 7) is -0.126. The van der Waals surface area contributed by atoms with E-state index in [9.17, 15) is 4.79 Å². The quantitative estimate of drug-likeness (QED) is 0.625. The zero-order valence-electron chi connectivity index (χ0n) is 10.2. The van der Waals surface area contributed by atoms with Crippen LogP contribution >= 0.6 is 0 Å². The van der Waals surface area contributed by atoms with Gasteiger partial charge in [0.15, 0.2) is 0 Å². The van der Waals surface area contributed by atoms with Gasteiger partial charge in [0.2, 0.25) is 0 Å². The molecule has 0 saturated heterocycles. The van der Waals surface area contributed by atoms with Crippen LogP contribution in [0.15, 0.2) is 18.2 Å². The molecule has 6 heteroatoms. The number of urea groups is 1. The third-order valence-corrected chi connectivity index (χ3v) is 3.10. The van der Waals surface area contributed by atoms with E-state index in [1.807, 2.05) is 25.2 Å². The SMILES string of the molecule is CNc1ccc2c(c1)NC(=O)N(C(CO)CO)C2. The Kier molecular flexibility index (Phi) is 3.69. The van der Waals surface area contributed by atoms with Crippen LogP contribution in [0.5, 0.6) is 0 Å². The molecule has 2 rings (SSSR count). The predicted octanol–water partition coefficient (Wildman–Crippen LogP) is 0.429. The number of carbonyl (C=O) groups excluding carboxylic acids is 1. The van der Waals surface area contributed by atoms with Gasteiger partial charge in [-0.2, -0.15) is 0 Å². The maximum absolute atomic E-state index is 11.9. The van der Waals surface area contributed by atoms with E-state index in [-0.39, 0.29) is 19.2 Å². The standard InChI is InChI=1S/C12H17N3O3/c1-13-9-3-2-8-5-15(10(6-16)7-17)12(18)14-11(8)4-9/h2-4,10,13,16-17H,5-7H2,1H3,(H,14,18). The first-order chi connectivity index (χ1) is 8.69. The van der Waals surface area contributed by atoms with Crippen LogP contribution < -0.4 is 10.6 Å². The van der Waals surface area contributed by atoms with Gasteiger partial charge in [0.1, 0.15) is 0 Å². The third-order valence-electron chi connectivity index (χ3n) is 3.10. The fourth-order valence-corrected chi connectivity index (χ4v) is 1.98. The van der Waals surface area contributed by atoms with Crippen molar-refractivity contribution < 1.29 is 15.0 Å². The molecule has 1 aromatic rings. The molecule has 0 unspecified atom stereocenters. The Morgan fingerprint density at radius 3 is 2.78 bits per heavy atom. The molecule has 0 aliphatic carbocycles. The zero-order chi connectivity index (χ0) is 13.1. The maximum atomic E-state index is 11.9. The molecule has 0 atom stereocenters. The molecule has 18 heavy (non-hydrogen) atoms. The highest BCUT2D eigenvalue weighted by Gasteiger charge is 2.28. The number of amides is 2. The minimum Gasteiger partial charge on any atom is -0.394 e. The van der Waals surface area contributed by atoms with E-state index in [0.717, 1.165) is 16.9 Å². The van der Waals surface area contributed by atoms with Crippen LogP contribution in [0.2, 0.25) is 0 Å². The van der Waals surface area contributed by atoms with E-state index in [2.05, 4.69) is 10.6 Å². The highest BCUT2D eigenvalue weighted by molar-refractivity contribution is 5.93. The molecule has 4 N–H and O–H groups in total. The van der Waals surface area contributed by atoms with Crippen LogP contribution in [-0.2, 0) is 6.54 Å². The molecule has 1 aromatic carbocycles. The third kappa shape index (κ3) is 2.25. The number of rotatable bonds is 4. The van der Waals surface area contributed by atoms with Crippen molar-refractivity contribution in [3.05, 3.63) is 23.8 Å². The van der Waals surface area contributed by atoms with E-state index in [4.69, 9.17) is 10.2 Å². The lowest BCUT2D eigenvalue weighted by atomic mass is 10.1. The summed E-state index contributed by atoms with van der Waals surface area (Å²) in [6.07, 6.45) is 0. The van der Waals surface area contributed by atoms with Gasteiger partial charge in [-0.15, -0.1) is 0 Å². The Bertz CT molecular complexity index is 446. The summed E-state index contributed by atoms with van der Waals surface area (Å²) < 4.78 is 0. The van der Waals surface area contributed by atoms with Crippen LogP contribution in [0.4, 0.5) is 16.2 Å². The highest BCUT2D eigenvalue weighted by atomic mass is 16.3. The molecule has 0 radical (unpaired) electrons. The number of fused-ring (bicyclic) bond motifs is 1. The van der Waals surface area contributed by atoms with Crippen molar-refractivity contribution in [2.75, 3.05) is 30.9 Å². The number of anilines is 2. The number of nitrogens with one attached hydrogen (secondary N) is 2. The second kappa shape index (κ2) is 5.24. The van der Waals surface area contributed by atoms with Gasteiger partial charge in [-0.1, -0.05) is 6.07 Å². The number of hydrogen-bond donors (Lipinski definition) is 4. The number of aliphatic hydroxyl groups excluding tert-OH is 2. The zero-order valence-corrected chi connectivity index (χ0v) is 10.2. The van der Waals surface area contributed by atoms with Gasteiger partial charge in [0.25, 0.3) is 0 Å². The number of nitrogens with zero attached hydrogens (tertiary/aromatic N) is 1. The largest absolute Gasteiger partial charge is 0.394 e. The Balaban J connectivity index is 2.25. The van der Waals surface area contributed by atoms with E-state index in [1.54, 1.807) is 0 Å². The van der Waals surface area contributed by atoms with Gasteiger partial charge in [0.05, 0.1) is 19.3 Å². The van der Waals surface area contributed by atoms with E-state index in [1.165, 1.54) is 4.90 Å². The lowest BCUT2D eigenvalue weighted by Gasteiger charge is -2.34. The van der Waals surface area contributed by atoms with E-state index >= 15 is 0 Å². The number of hydrogen-bond acceptors (Lipinski definition) is 4. The second-order valence-corrected chi connectivity index (χ2v) is 4.20. The Hall–Kier alpha value is -1.79. The van der Waals surface area contributed by atoms with Crippen LogP contribution in [0.25, 0.3) is 0 Å². The molecule has 0 saturated carbocycles. The monoisotopic (exact) mass is 251 g/mol. The molecule has 98 valence electrons. The summed E-state index contributed by atoms with van der Waals surface area (Å²) in [6, 6.07) is 4.82. The van der Waals surface area contributed by atoms with Gasteiger partial charge in [-0.05, 0) is 17.7 Å². The van der Waals surface area contributed by atoms with Gasteiger partial charge < -0.3 is 25.7 Å². The van der Waals surface area contributed by atoms with Gasteiger partial charge in [-0.25, -0.2) is 4.79 Å². The summed E-state index contributed by atoms with van der Waals surface area (Å²) in [4.78, 5) is 13.3. The Labute approximate surface area is 105 Å². The van der Waals surface area contributed by atoms with Crippen LogP contribution in [0.1, 0.15) is 5.56 Å². The summed E-state index contributed by atoms with van der Waals surface area (Å²) >= 11 is 0. The average Bonchev–Trinajstić information content (AvgIpc) is 2.40. The van der Waals surface area contributed by atoms with Crippen molar-refractivity contribution >= 4 is 17.4 Å². The first-order valence-corrected chi connectivity index (χ1v) is 5.79. The summed E-state index contributed by atoms with van der Waals surface area (Å²) in [5.74, 6) is 0. The lowest BCUT2D eigenvalue weighted by Crippen LogP contribution is -2.48. The van der Waals surface area contributed by atoms with Crippen molar-refractivity contribution in [1.29, 1.82) is 0 Å². The topological polar surface area (TPSA) is 84.8 Å². The number of aliphatic hydroxyl groups is 2. The fraction of sp³-hybridized carbons (Fsp3) is 0.417. The Morgan fingerprint density at radius 2 is 2.17 bits per heavy atom. The molecule has 2 amide bonds. The van der Waals surface area contributed by atoms with Crippen molar-refractivity contribution in [2.24, 2.45) is 0 Å². The normalized spacial score (nSPS) is 14.4. The number of carbonyl (C=O) groups is 1. The number of benzene rings is 1. The van der Waals surface area contributed by atoms with Crippen molar-refractivity contribution in [2.45, 2.75) is 12.6 Å². The van der Waals surface area contributed by atoms with Crippen molar-refractivity contribution in [1.82, 2.24) is 4.90 Å². The lowest BCUT2D eigenvalue weighted by molar-refractivity contribution is 0.0906. The molecule has 0 spiro atoms. The summed E-state index contributed by atoms with van der Waals surface area (Å²) in [5.41, 5.74) is 2.64. The first kappa shape index (κ1) is 12.7. The molecule has 1 aliphatic rings. The van der Waals surface area contributed by atoms with Gasteiger partial charge in [-0.3, -0.25) is 0 Å². The van der Waals surface area contributed by atoms with Crippen LogP contribution in [-0.4, -0.2) is 47.4 Å². The minimum atomic E-state index is -0.567. The Morgan fingerprint density at radius 1 is 1.44 bits per heavy atom. The van der Waals surface area contributed by atoms with Crippen molar-refractivity contribution in [3.63, 3.8) is 0 Å². The second-order valence-electron chi connectivity index (χ2n) is 4.20. The van der Waals surface area contributed by atoms with Gasteiger partial charge >= 0.3 is 6.03 Å². The predicted molar refractivity (Wildman–Crippen MR) is 68.5 cm³/mol. The highest BCUT2D eigenvalue weighted by Crippen LogP contribution is 2.27. The minimum absolute atomic E-state index is 0.256. The first-order valence-electron chi connectivity index (χ1n) is 5.79. The van der Waals surface area contributed by atoms with Crippen LogP contribution in [0, 0.1) is 0 Å². The average molecular weight is 251 g/mol. The molecule has 6 nitrogen and oxygen atoms in total. The summed E-state index contributed by atoms with van der Waals surface area (Å²) in [7, 11) is 1.81. The maximum Gasteiger partial charge on any atom is 0.322 e. The van der Waals surface area contributed by atoms with Crippen molar-refractivity contribution in [3.8, 4) is 0 Å². The molecular formula is C12H17N3O3. The smallest absolute Gasteiger partial charge is 0.322 e. The molecule has 1 heterocycles. The van der Waals surface area contributed by atoms with E-state index < -0.39 is 6.04 Å². The van der Waals surface area contributed by atoms with Crippen LogP contribution in [0.3, 0.4) is 0 Å². The molecule has 1 aliphatic heterocycles. The van der Waals surface area contributed by atoms with E-state index in [0.29, 0.717) is 6.54 Å². The molecular weight excluding hydrogens is 234 g/mol. The fourth-order valence-electron chi connectivity index (χ4n) is 1.98.